The van der Waals surface area contributed by atoms with Crippen LogP contribution >= 0.6 is 11.3 Å². The number of nitrogens with one attached hydrogen (secondary N) is 1. The fourth-order valence-corrected chi connectivity index (χ4v) is 1.92. The molecule has 0 amide bonds. The Labute approximate surface area is 94.0 Å². The van der Waals surface area contributed by atoms with Crippen molar-refractivity contribution in [3.05, 3.63) is 52.0 Å². The van der Waals surface area contributed by atoms with Crippen LogP contribution in [0.2, 0.25) is 0 Å². The second-order valence-electron chi connectivity index (χ2n) is 3.57. The van der Waals surface area contributed by atoms with Crippen LogP contribution in [-0.2, 0) is 13.1 Å². The molecule has 0 unspecified atom stereocenters. The molecule has 1 aromatic carbocycles. The summed E-state index contributed by atoms with van der Waals surface area (Å²) in [6.07, 6.45) is 0. The summed E-state index contributed by atoms with van der Waals surface area (Å²) in [6, 6.07) is 8.59. The first-order valence-electron chi connectivity index (χ1n) is 4.98. The van der Waals surface area contributed by atoms with Gasteiger partial charge in [0, 0.05) is 18.5 Å². The Morgan fingerprint density at radius 1 is 1.20 bits per heavy atom. The van der Waals surface area contributed by atoms with Crippen LogP contribution in [0.3, 0.4) is 0 Å². The van der Waals surface area contributed by atoms with E-state index in [9.17, 15) is 0 Å². The summed E-state index contributed by atoms with van der Waals surface area (Å²) < 4.78 is 0. The van der Waals surface area contributed by atoms with Crippen LogP contribution < -0.4 is 5.32 Å². The quantitative estimate of drug-likeness (QED) is 0.853. The van der Waals surface area contributed by atoms with E-state index in [2.05, 4.69) is 46.9 Å². The van der Waals surface area contributed by atoms with Gasteiger partial charge in [-0.15, -0.1) is 11.3 Å². The molecule has 2 rings (SSSR count). The van der Waals surface area contributed by atoms with Gasteiger partial charge in [0.1, 0.15) is 0 Å². The monoisotopic (exact) mass is 218 g/mol. The van der Waals surface area contributed by atoms with Gasteiger partial charge in [-0.05, 0) is 12.5 Å². The minimum atomic E-state index is 0.845. The zero-order chi connectivity index (χ0) is 10.5. The molecule has 2 nitrogen and oxygen atoms in total. The highest BCUT2D eigenvalue weighted by atomic mass is 32.1. The molecule has 3 heteroatoms. The molecule has 0 aliphatic rings. The number of hydrogen-bond donors (Lipinski definition) is 1. The molecular weight excluding hydrogens is 204 g/mol. The lowest BCUT2D eigenvalue weighted by Crippen LogP contribution is -2.12. The van der Waals surface area contributed by atoms with E-state index in [1.807, 2.05) is 5.51 Å². The van der Waals surface area contributed by atoms with E-state index in [1.165, 1.54) is 11.1 Å². The van der Waals surface area contributed by atoms with E-state index in [-0.39, 0.29) is 0 Å². The van der Waals surface area contributed by atoms with Crippen molar-refractivity contribution >= 4 is 11.3 Å². The van der Waals surface area contributed by atoms with Gasteiger partial charge in [-0.1, -0.05) is 29.8 Å². The zero-order valence-corrected chi connectivity index (χ0v) is 9.55. The number of aromatic nitrogens is 1. The third-order valence-electron chi connectivity index (χ3n) is 2.24. The normalized spacial score (nSPS) is 10.5. The third-order valence-corrected chi connectivity index (χ3v) is 2.87. The van der Waals surface area contributed by atoms with Crippen molar-refractivity contribution in [2.75, 3.05) is 0 Å². The van der Waals surface area contributed by atoms with Crippen LogP contribution in [0.25, 0.3) is 0 Å². The fourth-order valence-electron chi connectivity index (χ4n) is 1.37. The van der Waals surface area contributed by atoms with Crippen molar-refractivity contribution < 1.29 is 0 Å². The van der Waals surface area contributed by atoms with Crippen molar-refractivity contribution in [1.82, 2.24) is 10.3 Å². The molecule has 0 spiro atoms. The summed E-state index contributed by atoms with van der Waals surface area (Å²) in [5, 5.41) is 5.44. The van der Waals surface area contributed by atoms with Gasteiger partial charge in [-0.3, -0.25) is 0 Å². The highest BCUT2D eigenvalue weighted by Crippen LogP contribution is 2.04. The largest absolute Gasteiger partial charge is 0.307 e. The molecule has 0 saturated carbocycles. The van der Waals surface area contributed by atoms with Crippen LogP contribution in [0.15, 0.2) is 35.2 Å². The number of nitrogens with zero attached hydrogens (tertiary/aromatic N) is 1. The lowest BCUT2D eigenvalue weighted by molar-refractivity contribution is 0.682. The summed E-state index contributed by atoms with van der Waals surface area (Å²) in [6.45, 7) is 3.85. The van der Waals surface area contributed by atoms with Crippen molar-refractivity contribution in [2.24, 2.45) is 0 Å². The molecule has 15 heavy (non-hydrogen) atoms. The van der Waals surface area contributed by atoms with Gasteiger partial charge in [-0.25, -0.2) is 4.98 Å². The van der Waals surface area contributed by atoms with Gasteiger partial charge < -0.3 is 5.32 Å². The molecule has 0 atom stereocenters. The van der Waals surface area contributed by atoms with Gasteiger partial charge in [0.2, 0.25) is 0 Å². The predicted octanol–water partition coefficient (Wildman–Crippen LogP) is 2.74. The first kappa shape index (κ1) is 10.3. The number of aryl methyl sites for hydroxylation is 1. The lowest BCUT2D eigenvalue weighted by Gasteiger charge is -2.03. The fraction of sp³-hybridized carbons (Fsp3) is 0.250. The van der Waals surface area contributed by atoms with Crippen LogP contribution in [-0.4, -0.2) is 4.98 Å². The van der Waals surface area contributed by atoms with Gasteiger partial charge in [0.25, 0.3) is 0 Å². The first-order valence-corrected chi connectivity index (χ1v) is 5.92. The molecule has 78 valence electrons. The minimum absolute atomic E-state index is 0.845. The average molecular weight is 218 g/mol. The Balaban J connectivity index is 1.81. The third kappa shape index (κ3) is 3.15. The van der Waals surface area contributed by atoms with Crippen LogP contribution in [0.1, 0.15) is 16.8 Å². The molecule has 0 saturated heterocycles. The van der Waals surface area contributed by atoms with Crippen molar-refractivity contribution in [3.8, 4) is 0 Å². The topological polar surface area (TPSA) is 24.9 Å². The van der Waals surface area contributed by atoms with E-state index >= 15 is 0 Å². The van der Waals surface area contributed by atoms with Crippen LogP contribution in [0.5, 0.6) is 0 Å². The molecule has 2 aromatic rings. The Bertz CT molecular complexity index is 392. The zero-order valence-electron chi connectivity index (χ0n) is 8.73. The number of hydrogen-bond acceptors (Lipinski definition) is 3. The van der Waals surface area contributed by atoms with E-state index in [1.54, 1.807) is 11.3 Å². The smallest absolute Gasteiger partial charge is 0.0795 e. The summed E-state index contributed by atoms with van der Waals surface area (Å²) in [5.74, 6) is 0. The average Bonchev–Trinajstić information content (AvgIpc) is 2.74. The Hall–Kier alpha value is -1.19. The molecule has 0 aliphatic heterocycles. The van der Waals surface area contributed by atoms with Crippen molar-refractivity contribution in [3.63, 3.8) is 0 Å². The molecule has 1 heterocycles. The minimum Gasteiger partial charge on any atom is -0.307 e. The molecule has 1 N–H and O–H groups in total. The first-order chi connectivity index (χ1) is 7.34. The lowest BCUT2D eigenvalue weighted by atomic mass is 10.1. The van der Waals surface area contributed by atoms with E-state index in [0.29, 0.717) is 0 Å². The Morgan fingerprint density at radius 2 is 2.00 bits per heavy atom. The molecule has 0 aliphatic carbocycles. The van der Waals surface area contributed by atoms with Gasteiger partial charge in [-0.2, -0.15) is 0 Å². The van der Waals surface area contributed by atoms with Gasteiger partial charge in [0.05, 0.1) is 11.2 Å². The SMILES string of the molecule is Cc1ccc(CNCc2cscn2)cc1. The second kappa shape index (κ2) is 5.05. The maximum atomic E-state index is 4.22. The number of rotatable bonds is 4. The summed E-state index contributed by atoms with van der Waals surface area (Å²) in [4.78, 5) is 4.22. The highest BCUT2D eigenvalue weighted by molar-refractivity contribution is 7.07. The Kier molecular flexibility index (Phi) is 3.48. The number of thiazole rings is 1. The second-order valence-corrected chi connectivity index (χ2v) is 4.29. The van der Waals surface area contributed by atoms with E-state index < -0.39 is 0 Å². The van der Waals surface area contributed by atoms with Crippen LogP contribution in [0.4, 0.5) is 0 Å². The summed E-state index contributed by atoms with van der Waals surface area (Å²) in [7, 11) is 0. The van der Waals surface area contributed by atoms with Gasteiger partial charge >= 0.3 is 0 Å². The maximum absolute atomic E-state index is 4.22. The molecule has 1 aromatic heterocycles. The Morgan fingerprint density at radius 3 is 2.67 bits per heavy atom. The molecule has 0 radical (unpaired) electrons. The summed E-state index contributed by atoms with van der Waals surface area (Å²) >= 11 is 1.64. The van der Waals surface area contributed by atoms with Crippen molar-refractivity contribution in [2.45, 2.75) is 20.0 Å². The number of benzene rings is 1. The van der Waals surface area contributed by atoms with E-state index in [4.69, 9.17) is 0 Å². The molecule has 0 bridgehead atoms. The van der Waals surface area contributed by atoms with E-state index in [0.717, 1.165) is 18.8 Å². The van der Waals surface area contributed by atoms with Gasteiger partial charge in [0.15, 0.2) is 0 Å². The predicted molar refractivity (Wildman–Crippen MR) is 63.8 cm³/mol. The maximum Gasteiger partial charge on any atom is 0.0795 e. The molecular formula is C12H14N2S. The van der Waals surface area contributed by atoms with Crippen molar-refractivity contribution in [1.29, 1.82) is 0 Å². The molecule has 0 fully saturated rings. The highest BCUT2D eigenvalue weighted by Gasteiger charge is 1.95. The van der Waals surface area contributed by atoms with Crippen LogP contribution in [0, 0.1) is 6.92 Å². The summed E-state index contributed by atoms with van der Waals surface area (Å²) in [5.41, 5.74) is 5.60. The standard InChI is InChI=1S/C12H14N2S/c1-10-2-4-11(5-3-10)6-13-7-12-8-15-9-14-12/h2-5,8-9,13H,6-7H2,1H3.